The van der Waals surface area contributed by atoms with Gasteiger partial charge in [0.05, 0.1) is 5.52 Å². The Kier molecular flexibility index (Phi) is 5.85. The quantitative estimate of drug-likeness (QED) is 0.423. The largest absolute Gasteiger partial charge is 0.489 e. The first-order chi connectivity index (χ1) is 17.4. The highest BCUT2D eigenvalue weighted by molar-refractivity contribution is 6.29. The third-order valence-electron chi connectivity index (χ3n) is 7.15. The predicted octanol–water partition coefficient (Wildman–Crippen LogP) is 3.30. The molecule has 3 aromatic rings. The van der Waals surface area contributed by atoms with Gasteiger partial charge < -0.3 is 9.64 Å². The zero-order chi connectivity index (χ0) is 24.8. The van der Waals surface area contributed by atoms with Crippen LogP contribution in [0.5, 0.6) is 5.75 Å². The average molecular weight is 505 g/mol. The van der Waals surface area contributed by atoms with Crippen LogP contribution in [0.1, 0.15) is 40.7 Å². The lowest BCUT2D eigenvalue weighted by Crippen LogP contribution is -2.52. The highest BCUT2D eigenvalue weighted by Crippen LogP contribution is 2.31. The number of aromatic nitrogens is 1. The molecule has 2 aromatic carbocycles. The summed E-state index contributed by atoms with van der Waals surface area (Å²) in [5.41, 5.74) is 3.55. The molecule has 0 saturated carbocycles. The lowest BCUT2D eigenvalue weighted by molar-refractivity contribution is -0.136. The van der Waals surface area contributed by atoms with E-state index in [0.29, 0.717) is 23.7 Å². The molecule has 0 bridgehead atoms. The first-order valence-corrected chi connectivity index (χ1v) is 12.5. The van der Waals surface area contributed by atoms with Crippen LogP contribution in [0.2, 0.25) is 5.15 Å². The number of amides is 3. The number of benzene rings is 2. The van der Waals surface area contributed by atoms with Crippen LogP contribution in [0.25, 0.3) is 10.9 Å². The van der Waals surface area contributed by atoms with Gasteiger partial charge in [-0.2, -0.15) is 0 Å². The highest BCUT2D eigenvalue weighted by atomic mass is 35.5. The van der Waals surface area contributed by atoms with Crippen LogP contribution in [-0.4, -0.2) is 57.7 Å². The van der Waals surface area contributed by atoms with E-state index in [2.05, 4.69) is 27.3 Å². The fraction of sp³-hybridized carbons (Fsp3) is 0.333. The molecule has 2 fully saturated rings. The number of nitrogens with one attached hydrogen (secondary N) is 1. The molecule has 3 aliphatic rings. The Labute approximate surface area is 213 Å². The summed E-state index contributed by atoms with van der Waals surface area (Å²) >= 11 is 5.99. The zero-order valence-corrected chi connectivity index (χ0v) is 20.3. The number of hydrogen-bond acceptors (Lipinski definition) is 6. The Morgan fingerprint density at radius 2 is 1.94 bits per heavy atom. The summed E-state index contributed by atoms with van der Waals surface area (Å²) in [6.07, 6.45) is 1.58. The molecular formula is C27H25ClN4O4. The van der Waals surface area contributed by atoms with E-state index in [1.54, 1.807) is 11.0 Å². The number of rotatable bonds is 5. The van der Waals surface area contributed by atoms with E-state index in [4.69, 9.17) is 16.3 Å². The number of ether oxygens (including phenoxy) is 1. The number of nitrogens with zero attached hydrogens (tertiary/aromatic N) is 3. The van der Waals surface area contributed by atoms with E-state index in [0.717, 1.165) is 48.3 Å². The molecule has 1 aromatic heterocycles. The summed E-state index contributed by atoms with van der Waals surface area (Å²) in [5, 5.41) is 3.90. The monoisotopic (exact) mass is 504 g/mol. The first-order valence-electron chi connectivity index (χ1n) is 12.1. The normalized spacial score (nSPS) is 22.2. The smallest absolute Gasteiger partial charge is 0.255 e. The van der Waals surface area contributed by atoms with Crippen molar-refractivity contribution < 1.29 is 19.1 Å². The molecule has 0 radical (unpaired) electrons. The number of imide groups is 1. The third-order valence-corrected chi connectivity index (χ3v) is 7.36. The van der Waals surface area contributed by atoms with Gasteiger partial charge in [-0.15, -0.1) is 0 Å². The Hall–Kier alpha value is -3.49. The second kappa shape index (κ2) is 9.19. The fourth-order valence-electron chi connectivity index (χ4n) is 5.36. The molecule has 4 heterocycles. The van der Waals surface area contributed by atoms with E-state index in [9.17, 15) is 14.4 Å². The summed E-state index contributed by atoms with van der Waals surface area (Å²) in [6, 6.07) is 14.9. The number of fused-ring (bicyclic) bond motifs is 2. The van der Waals surface area contributed by atoms with Crippen LogP contribution in [0.3, 0.4) is 0 Å². The summed E-state index contributed by atoms with van der Waals surface area (Å²) < 4.78 is 6.28. The van der Waals surface area contributed by atoms with E-state index in [1.165, 1.54) is 5.56 Å². The van der Waals surface area contributed by atoms with Gasteiger partial charge in [-0.25, -0.2) is 4.98 Å². The molecule has 2 saturated heterocycles. The van der Waals surface area contributed by atoms with Gasteiger partial charge in [-0.3, -0.25) is 24.6 Å². The molecule has 2 unspecified atom stereocenters. The standard InChI is InChI=1S/C27H25ClN4O4/c28-24-7-2-17-11-16(1-5-22(17)29-24)13-31-10-9-20(15-31)36-19-3-4-21-18(12-19)14-32(27(21)35)23-6-8-25(33)30-26(23)34/h1-5,7,11-12,20,23H,6,8-10,13-15H2,(H,30,33,34). The van der Waals surface area contributed by atoms with Crippen LogP contribution >= 0.6 is 11.6 Å². The molecule has 2 atom stereocenters. The molecule has 3 amide bonds. The van der Waals surface area contributed by atoms with Crippen molar-refractivity contribution in [3.05, 3.63) is 70.4 Å². The summed E-state index contributed by atoms with van der Waals surface area (Å²) in [6.45, 7) is 2.93. The van der Waals surface area contributed by atoms with Crippen molar-refractivity contribution in [1.82, 2.24) is 20.1 Å². The van der Waals surface area contributed by atoms with Crippen molar-refractivity contribution in [2.45, 2.75) is 44.5 Å². The van der Waals surface area contributed by atoms with Gasteiger partial charge in [0.2, 0.25) is 11.8 Å². The van der Waals surface area contributed by atoms with Crippen molar-refractivity contribution in [2.24, 2.45) is 0 Å². The van der Waals surface area contributed by atoms with Crippen molar-refractivity contribution in [3.8, 4) is 5.75 Å². The Morgan fingerprint density at radius 3 is 2.81 bits per heavy atom. The molecular weight excluding hydrogens is 480 g/mol. The minimum absolute atomic E-state index is 0.0623. The van der Waals surface area contributed by atoms with Gasteiger partial charge in [0.1, 0.15) is 23.0 Å². The number of piperidine rings is 1. The van der Waals surface area contributed by atoms with Gasteiger partial charge in [0, 0.05) is 43.5 Å². The second-order valence-corrected chi connectivity index (χ2v) is 10.0. The molecule has 0 aliphatic carbocycles. The topological polar surface area (TPSA) is 91.8 Å². The van der Waals surface area contributed by atoms with Crippen molar-refractivity contribution in [2.75, 3.05) is 13.1 Å². The zero-order valence-electron chi connectivity index (χ0n) is 19.6. The number of likely N-dealkylation sites (tertiary alicyclic amines) is 1. The van der Waals surface area contributed by atoms with Crippen LogP contribution in [0.15, 0.2) is 48.5 Å². The molecule has 0 spiro atoms. The highest BCUT2D eigenvalue weighted by Gasteiger charge is 2.39. The molecule has 6 rings (SSSR count). The third kappa shape index (κ3) is 4.42. The average Bonchev–Trinajstić information content (AvgIpc) is 3.42. The lowest BCUT2D eigenvalue weighted by Gasteiger charge is -2.29. The van der Waals surface area contributed by atoms with Crippen molar-refractivity contribution >= 4 is 40.2 Å². The van der Waals surface area contributed by atoms with Crippen LogP contribution in [0, 0.1) is 0 Å². The van der Waals surface area contributed by atoms with E-state index in [1.807, 2.05) is 30.3 Å². The maximum atomic E-state index is 12.9. The predicted molar refractivity (Wildman–Crippen MR) is 134 cm³/mol. The minimum Gasteiger partial charge on any atom is -0.489 e. The maximum absolute atomic E-state index is 12.9. The molecule has 36 heavy (non-hydrogen) atoms. The molecule has 3 aliphatic heterocycles. The summed E-state index contributed by atoms with van der Waals surface area (Å²) in [7, 11) is 0. The maximum Gasteiger partial charge on any atom is 0.255 e. The van der Waals surface area contributed by atoms with Crippen molar-refractivity contribution in [3.63, 3.8) is 0 Å². The number of carbonyl (C=O) groups excluding carboxylic acids is 3. The van der Waals surface area contributed by atoms with Gasteiger partial charge in [0.15, 0.2) is 0 Å². The van der Waals surface area contributed by atoms with Crippen LogP contribution in [0.4, 0.5) is 0 Å². The number of pyridine rings is 1. The van der Waals surface area contributed by atoms with Crippen LogP contribution in [-0.2, 0) is 22.7 Å². The number of hydrogen-bond donors (Lipinski definition) is 1. The SMILES string of the molecule is O=C1CCC(N2Cc3cc(OC4CCN(Cc5ccc6nc(Cl)ccc6c5)C4)ccc3C2=O)C(=O)N1. The van der Waals surface area contributed by atoms with Gasteiger partial charge in [-0.05, 0) is 66.4 Å². The summed E-state index contributed by atoms with van der Waals surface area (Å²) in [5.74, 6) is -0.135. The number of carbonyl (C=O) groups is 3. The molecule has 8 nitrogen and oxygen atoms in total. The van der Waals surface area contributed by atoms with E-state index >= 15 is 0 Å². The lowest BCUT2D eigenvalue weighted by atomic mass is 10.0. The Balaban J connectivity index is 1.08. The Bertz CT molecular complexity index is 1390. The van der Waals surface area contributed by atoms with Gasteiger partial charge in [-0.1, -0.05) is 17.7 Å². The minimum atomic E-state index is -0.613. The van der Waals surface area contributed by atoms with Gasteiger partial charge in [0.25, 0.3) is 5.91 Å². The molecule has 184 valence electrons. The number of halogens is 1. The van der Waals surface area contributed by atoms with Crippen LogP contribution < -0.4 is 10.1 Å². The second-order valence-electron chi connectivity index (χ2n) is 9.64. The van der Waals surface area contributed by atoms with Gasteiger partial charge >= 0.3 is 0 Å². The van der Waals surface area contributed by atoms with E-state index < -0.39 is 11.9 Å². The fourth-order valence-corrected chi connectivity index (χ4v) is 5.51. The van der Waals surface area contributed by atoms with E-state index in [-0.39, 0.29) is 24.3 Å². The Morgan fingerprint density at radius 1 is 1.06 bits per heavy atom. The molecule has 1 N–H and O–H groups in total. The first kappa shape index (κ1) is 22.9. The summed E-state index contributed by atoms with van der Waals surface area (Å²) in [4.78, 5) is 44.9. The molecule has 9 heteroatoms. The van der Waals surface area contributed by atoms with Crippen molar-refractivity contribution in [1.29, 1.82) is 0 Å².